The first-order chi connectivity index (χ1) is 10.2. The van der Waals surface area contributed by atoms with Crippen molar-refractivity contribution in [1.82, 2.24) is 9.97 Å². The minimum atomic E-state index is -3.71. The van der Waals surface area contributed by atoms with E-state index in [9.17, 15) is 16.8 Å². The highest BCUT2D eigenvalue weighted by molar-refractivity contribution is 7.91. The van der Waals surface area contributed by atoms with Gasteiger partial charge in [0.25, 0.3) is 0 Å². The van der Waals surface area contributed by atoms with E-state index in [-0.39, 0.29) is 46.9 Å². The van der Waals surface area contributed by atoms with E-state index in [2.05, 4.69) is 9.97 Å². The molecule has 22 heavy (non-hydrogen) atoms. The maximum Gasteiger partial charge on any atom is 0.250 e. The van der Waals surface area contributed by atoms with Crippen molar-refractivity contribution in [2.45, 2.75) is 12.1 Å². The van der Waals surface area contributed by atoms with Gasteiger partial charge in [-0.15, -0.1) is 0 Å². The van der Waals surface area contributed by atoms with Crippen molar-refractivity contribution in [2.75, 3.05) is 35.2 Å². The summed E-state index contributed by atoms with van der Waals surface area (Å²) in [7, 11) is -6.82. The summed E-state index contributed by atoms with van der Waals surface area (Å²) in [4.78, 5) is 9.18. The Bertz CT molecular complexity index is 832. The third-order valence-electron chi connectivity index (χ3n) is 3.22. The number of hydrogen-bond acceptors (Lipinski definition) is 8. The minimum absolute atomic E-state index is 0.0724. The zero-order chi connectivity index (χ0) is 16.5. The second-order valence-electron chi connectivity index (χ2n) is 4.65. The van der Waals surface area contributed by atoms with E-state index in [1.54, 1.807) is 11.0 Å². The first-order valence-corrected chi connectivity index (χ1v) is 10.2. The molecule has 1 fully saturated rings. The molecule has 1 aromatic rings. The molecule has 8 nitrogen and oxygen atoms in total. The molecule has 1 aromatic heterocycles. The van der Waals surface area contributed by atoms with Crippen molar-refractivity contribution in [3.05, 3.63) is 10.7 Å². The Labute approximate surface area is 133 Å². The Morgan fingerprint density at radius 3 is 2.41 bits per heavy atom. The van der Waals surface area contributed by atoms with Crippen LogP contribution in [0.5, 0.6) is 0 Å². The van der Waals surface area contributed by atoms with Gasteiger partial charge >= 0.3 is 0 Å². The molecule has 0 bridgehead atoms. The average Bonchev–Trinajstić information content (AvgIpc) is 2.47. The summed E-state index contributed by atoms with van der Waals surface area (Å²) < 4.78 is 46.8. The molecule has 0 aliphatic carbocycles. The molecular weight excluding hydrogens is 352 g/mol. The third-order valence-corrected chi connectivity index (χ3v) is 6.68. The molecule has 11 heteroatoms. The molecule has 0 amide bonds. The van der Waals surface area contributed by atoms with Crippen LogP contribution in [0.25, 0.3) is 0 Å². The monoisotopic (exact) mass is 364 g/mol. The number of halogens is 1. The van der Waals surface area contributed by atoms with Gasteiger partial charge in [-0.1, -0.05) is 18.5 Å². The molecule has 1 saturated heterocycles. The van der Waals surface area contributed by atoms with Gasteiger partial charge < -0.3 is 4.90 Å². The van der Waals surface area contributed by atoms with E-state index in [1.165, 1.54) is 6.92 Å². The maximum atomic E-state index is 11.9. The molecule has 0 N–H and O–H groups in total. The summed E-state index contributed by atoms with van der Waals surface area (Å²) in [5, 5.41) is 8.51. The molecule has 0 spiro atoms. The molecule has 120 valence electrons. The van der Waals surface area contributed by atoms with Gasteiger partial charge in [0.2, 0.25) is 15.0 Å². The largest absolute Gasteiger partial charge is 0.353 e. The van der Waals surface area contributed by atoms with Gasteiger partial charge in [-0.2, -0.15) is 10.2 Å². The molecule has 1 aliphatic rings. The Hall–Kier alpha value is -1.44. The van der Waals surface area contributed by atoms with E-state index < -0.39 is 24.8 Å². The van der Waals surface area contributed by atoms with Crippen molar-refractivity contribution in [3.63, 3.8) is 0 Å². The number of anilines is 1. The first kappa shape index (κ1) is 16.9. The van der Waals surface area contributed by atoms with Gasteiger partial charge in [0, 0.05) is 13.1 Å². The van der Waals surface area contributed by atoms with Crippen LogP contribution in [-0.4, -0.2) is 57.2 Å². The molecule has 0 unspecified atom stereocenters. The molecule has 0 aromatic carbocycles. The second kappa shape index (κ2) is 5.98. The lowest BCUT2D eigenvalue weighted by molar-refractivity contribution is 0.581. The van der Waals surface area contributed by atoms with Crippen molar-refractivity contribution in [2.24, 2.45) is 0 Å². The van der Waals surface area contributed by atoms with Crippen LogP contribution < -0.4 is 4.90 Å². The number of rotatable bonds is 3. The summed E-state index contributed by atoms with van der Waals surface area (Å²) in [5.41, 5.74) is -0.243. The summed E-state index contributed by atoms with van der Waals surface area (Å²) in [5.74, 6) is -0.293. The van der Waals surface area contributed by atoms with Gasteiger partial charge in [0.15, 0.2) is 21.3 Å². The quantitative estimate of drug-likeness (QED) is 0.688. The highest BCUT2D eigenvalue weighted by atomic mass is 35.5. The van der Waals surface area contributed by atoms with E-state index in [0.29, 0.717) is 0 Å². The Morgan fingerprint density at radius 2 is 1.91 bits per heavy atom. The fourth-order valence-electron chi connectivity index (χ4n) is 1.89. The molecule has 2 heterocycles. The Kier molecular flexibility index (Phi) is 4.60. The van der Waals surface area contributed by atoms with Crippen molar-refractivity contribution < 1.29 is 16.8 Å². The summed E-state index contributed by atoms with van der Waals surface area (Å²) in [6.45, 7) is 1.71. The minimum Gasteiger partial charge on any atom is -0.353 e. The van der Waals surface area contributed by atoms with Crippen LogP contribution in [0.15, 0.2) is 5.16 Å². The number of nitrogens with zero attached hydrogens (tertiary/aromatic N) is 4. The average molecular weight is 365 g/mol. The normalized spacial score (nSPS) is 18.0. The lowest BCUT2D eigenvalue weighted by atomic mass is 10.3. The Balaban J connectivity index is 2.52. The van der Waals surface area contributed by atoms with Crippen LogP contribution in [0.1, 0.15) is 12.6 Å². The summed E-state index contributed by atoms with van der Waals surface area (Å²) in [6.07, 6.45) is 0. The zero-order valence-corrected chi connectivity index (χ0v) is 14.0. The topological polar surface area (TPSA) is 121 Å². The highest BCUT2D eigenvalue weighted by Gasteiger charge is 2.28. The molecule has 0 radical (unpaired) electrons. The summed E-state index contributed by atoms with van der Waals surface area (Å²) in [6, 6.07) is 1.74. The third kappa shape index (κ3) is 3.31. The fraction of sp³-hybridized carbons (Fsp3) is 0.545. The van der Waals surface area contributed by atoms with E-state index >= 15 is 0 Å². The number of nitriles is 1. The molecule has 0 atom stereocenters. The van der Waals surface area contributed by atoms with Gasteiger partial charge in [-0.25, -0.2) is 21.8 Å². The van der Waals surface area contributed by atoms with Gasteiger partial charge in [0.05, 0.1) is 17.3 Å². The van der Waals surface area contributed by atoms with Crippen LogP contribution in [0.3, 0.4) is 0 Å². The molecular formula is C11H13ClN4O4S2. The van der Waals surface area contributed by atoms with Crippen LogP contribution in [-0.2, 0) is 19.7 Å². The fourth-order valence-corrected chi connectivity index (χ4v) is 4.05. The molecule has 2 rings (SSSR count). The second-order valence-corrected chi connectivity index (χ2v) is 9.50. The highest BCUT2D eigenvalue weighted by Crippen LogP contribution is 2.28. The van der Waals surface area contributed by atoms with E-state index in [0.717, 1.165) is 0 Å². The van der Waals surface area contributed by atoms with Crippen LogP contribution in [0.4, 0.5) is 5.82 Å². The van der Waals surface area contributed by atoms with E-state index in [1.807, 2.05) is 0 Å². The Morgan fingerprint density at radius 1 is 1.32 bits per heavy atom. The molecule has 0 saturated carbocycles. The SMILES string of the molecule is CCS(=O)(=O)c1nc(C#N)c(Cl)c(N2CCS(=O)(=O)CC2)n1. The number of sulfone groups is 2. The van der Waals surface area contributed by atoms with Gasteiger partial charge in [0.1, 0.15) is 11.1 Å². The number of aromatic nitrogens is 2. The predicted molar refractivity (Wildman–Crippen MR) is 80.4 cm³/mol. The smallest absolute Gasteiger partial charge is 0.250 e. The summed E-state index contributed by atoms with van der Waals surface area (Å²) >= 11 is 6.05. The van der Waals surface area contributed by atoms with E-state index in [4.69, 9.17) is 16.9 Å². The van der Waals surface area contributed by atoms with Crippen molar-refractivity contribution in [1.29, 1.82) is 5.26 Å². The standard InChI is InChI=1S/C11H13ClN4O4S2/c1-2-22(19,20)11-14-8(7-13)9(12)10(15-11)16-3-5-21(17,18)6-4-16/h2-6H2,1H3. The van der Waals surface area contributed by atoms with Gasteiger partial charge in [-0.05, 0) is 0 Å². The van der Waals surface area contributed by atoms with Crippen LogP contribution in [0, 0.1) is 11.3 Å². The lowest BCUT2D eigenvalue weighted by Crippen LogP contribution is -2.41. The number of hydrogen-bond donors (Lipinski definition) is 0. The molecule has 1 aliphatic heterocycles. The maximum absolute atomic E-state index is 11.9. The van der Waals surface area contributed by atoms with Crippen molar-refractivity contribution in [3.8, 4) is 6.07 Å². The lowest BCUT2D eigenvalue weighted by Gasteiger charge is -2.28. The van der Waals surface area contributed by atoms with Crippen LogP contribution in [0.2, 0.25) is 5.02 Å². The zero-order valence-electron chi connectivity index (χ0n) is 11.7. The predicted octanol–water partition coefficient (Wildman–Crippen LogP) is 0.0301. The van der Waals surface area contributed by atoms with Gasteiger partial charge in [-0.3, -0.25) is 0 Å². The first-order valence-electron chi connectivity index (χ1n) is 6.36. The van der Waals surface area contributed by atoms with Crippen LogP contribution >= 0.6 is 11.6 Å². The van der Waals surface area contributed by atoms with Crippen molar-refractivity contribution >= 4 is 37.1 Å².